The van der Waals surface area contributed by atoms with Crippen molar-refractivity contribution in [3.8, 4) is 0 Å². The van der Waals surface area contributed by atoms with Crippen molar-refractivity contribution in [2.24, 2.45) is 0 Å². The van der Waals surface area contributed by atoms with Crippen LogP contribution in [0.1, 0.15) is 58.3 Å². The van der Waals surface area contributed by atoms with Gasteiger partial charge in [0.1, 0.15) is 0 Å². The van der Waals surface area contributed by atoms with E-state index in [4.69, 9.17) is 4.52 Å². The van der Waals surface area contributed by atoms with Crippen LogP contribution >= 0.6 is 6.83 Å². The van der Waals surface area contributed by atoms with Gasteiger partial charge < -0.3 is 0 Å². The summed E-state index contributed by atoms with van der Waals surface area (Å²) in [5.41, 5.74) is 0.313. The maximum absolute atomic E-state index is 13.6. The Balaban J connectivity index is 1.96. The summed E-state index contributed by atoms with van der Waals surface area (Å²) in [4.78, 5) is 13.6. The van der Waals surface area contributed by atoms with Crippen molar-refractivity contribution in [2.75, 3.05) is 0 Å². The fraction of sp³-hybridized carbons (Fsp3) is 0.345. The third-order valence-electron chi connectivity index (χ3n) is 7.10. The second-order valence-electron chi connectivity index (χ2n) is 8.97. The molecule has 1 aliphatic carbocycles. The quantitative estimate of drug-likeness (QED) is 0.263. The molecule has 1 fully saturated rings. The molecule has 168 valence electrons. The molecule has 4 rings (SSSR count). The van der Waals surface area contributed by atoms with Gasteiger partial charge in [-0.25, -0.2) is 0 Å². The van der Waals surface area contributed by atoms with Gasteiger partial charge in [-0.05, 0) is 0 Å². The summed E-state index contributed by atoms with van der Waals surface area (Å²) in [5.74, 6) is -0.0535. The summed E-state index contributed by atoms with van der Waals surface area (Å²) >= 11 is 0. The number of hydrogen-bond donors (Lipinski definition) is 0. The predicted molar refractivity (Wildman–Crippen MR) is 138 cm³/mol. The fourth-order valence-electron chi connectivity index (χ4n) is 5.32. The number of carbonyl (C=O) groups is 1. The minimum absolute atomic E-state index is 0.0535. The molecule has 3 aromatic carbocycles. The normalized spacial score (nSPS) is 15.3. The first-order chi connectivity index (χ1) is 15.7. The molecule has 0 radical (unpaired) electrons. The number of hydrogen-bond acceptors (Lipinski definition) is 2. The van der Waals surface area contributed by atoms with Crippen molar-refractivity contribution < 1.29 is 9.32 Å². The van der Waals surface area contributed by atoms with Gasteiger partial charge in [-0.2, -0.15) is 0 Å². The maximum atomic E-state index is 13.6. The van der Waals surface area contributed by atoms with Crippen LogP contribution in [0, 0.1) is 0 Å². The van der Waals surface area contributed by atoms with Crippen LogP contribution in [0.25, 0.3) is 0 Å². The average Bonchev–Trinajstić information content (AvgIpc) is 2.82. The van der Waals surface area contributed by atoms with Crippen LogP contribution in [0.3, 0.4) is 0 Å². The van der Waals surface area contributed by atoms with E-state index in [1.807, 2.05) is 0 Å². The van der Waals surface area contributed by atoms with Crippen molar-refractivity contribution >= 4 is 28.7 Å². The zero-order valence-electron chi connectivity index (χ0n) is 19.2. The van der Waals surface area contributed by atoms with Gasteiger partial charge in [0.25, 0.3) is 0 Å². The van der Waals surface area contributed by atoms with Gasteiger partial charge in [0.05, 0.1) is 0 Å². The number of benzene rings is 3. The standard InChI is InChI=1S/C29H35O2P/c1-2-3-4-14-24-29(30)31-32(28-22-15-23-28,25-16-8-5-9-17-25,26-18-10-6-11-19-26)27-20-12-7-13-21-27/h5-13,16-21,28H,2-4,14-15,22-24H2,1H3. The molecular formula is C29H35O2P. The van der Waals surface area contributed by atoms with E-state index in [0.29, 0.717) is 12.1 Å². The van der Waals surface area contributed by atoms with Gasteiger partial charge in [-0.15, -0.1) is 0 Å². The summed E-state index contributed by atoms with van der Waals surface area (Å²) in [6.45, 7) is -1.30. The SMILES string of the molecule is CCCCCCC(=O)OP(c1ccccc1)(c1ccccc1)(c1ccccc1)C1CCC1. The van der Waals surface area contributed by atoms with Crippen LogP contribution in [0.15, 0.2) is 91.0 Å². The van der Waals surface area contributed by atoms with Crippen LogP contribution in [-0.4, -0.2) is 11.6 Å². The van der Waals surface area contributed by atoms with E-state index in [0.717, 1.165) is 38.5 Å². The monoisotopic (exact) mass is 446 g/mol. The van der Waals surface area contributed by atoms with E-state index >= 15 is 0 Å². The Morgan fingerprint density at radius 1 is 0.750 bits per heavy atom. The van der Waals surface area contributed by atoms with E-state index < -0.39 is 6.83 Å². The molecule has 0 amide bonds. The zero-order valence-corrected chi connectivity index (χ0v) is 20.1. The van der Waals surface area contributed by atoms with Crippen LogP contribution < -0.4 is 15.9 Å². The molecule has 0 atom stereocenters. The van der Waals surface area contributed by atoms with Crippen LogP contribution in [0.5, 0.6) is 0 Å². The molecule has 0 aromatic heterocycles. The summed E-state index contributed by atoms with van der Waals surface area (Å²) in [6, 6.07) is 31.9. The molecule has 3 aromatic rings. The number of carbonyl (C=O) groups excluding carboxylic acids is 1. The molecule has 0 heterocycles. The first-order valence-electron chi connectivity index (χ1n) is 12.1. The van der Waals surface area contributed by atoms with Gasteiger partial charge in [0.2, 0.25) is 0 Å². The molecule has 0 spiro atoms. The number of unbranched alkanes of at least 4 members (excludes halogenated alkanes) is 3. The van der Waals surface area contributed by atoms with E-state index in [2.05, 4.69) is 97.9 Å². The second-order valence-corrected chi connectivity index (χ2v) is 13.6. The molecule has 0 saturated heterocycles. The summed E-state index contributed by atoms with van der Waals surface area (Å²) < 4.78 is 7.06. The Morgan fingerprint density at radius 2 is 1.22 bits per heavy atom. The Hall–Kier alpha value is -2.44. The van der Waals surface area contributed by atoms with E-state index in [9.17, 15) is 4.79 Å². The van der Waals surface area contributed by atoms with E-state index in [1.54, 1.807) is 0 Å². The van der Waals surface area contributed by atoms with Crippen LogP contribution in [-0.2, 0) is 9.32 Å². The molecule has 32 heavy (non-hydrogen) atoms. The Morgan fingerprint density at radius 3 is 1.59 bits per heavy atom. The molecule has 1 aliphatic rings. The molecule has 0 aliphatic heterocycles. The van der Waals surface area contributed by atoms with E-state index in [1.165, 1.54) is 22.3 Å². The molecule has 0 unspecified atom stereocenters. The Labute approximate surface area is 193 Å². The topological polar surface area (TPSA) is 26.3 Å². The summed E-state index contributed by atoms with van der Waals surface area (Å²) in [5, 5.41) is 3.51. The third kappa shape index (κ3) is 3.80. The molecule has 1 saturated carbocycles. The van der Waals surface area contributed by atoms with Crippen molar-refractivity contribution in [1.82, 2.24) is 0 Å². The summed E-state index contributed by atoms with van der Waals surface area (Å²) in [7, 11) is 0. The molecule has 0 N–H and O–H groups in total. The van der Waals surface area contributed by atoms with Crippen LogP contribution in [0.4, 0.5) is 0 Å². The zero-order chi connectivity index (χ0) is 22.3. The van der Waals surface area contributed by atoms with Crippen molar-refractivity contribution in [3.63, 3.8) is 0 Å². The minimum atomic E-state index is -3.50. The predicted octanol–water partition coefficient (Wildman–Crippen LogP) is 6.50. The van der Waals surface area contributed by atoms with E-state index in [-0.39, 0.29) is 5.97 Å². The first-order valence-corrected chi connectivity index (χ1v) is 14.4. The van der Waals surface area contributed by atoms with Gasteiger partial charge in [-0.3, -0.25) is 0 Å². The van der Waals surface area contributed by atoms with Gasteiger partial charge in [-0.1, -0.05) is 0 Å². The van der Waals surface area contributed by atoms with Crippen molar-refractivity contribution in [3.05, 3.63) is 91.0 Å². The van der Waals surface area contributed by atoms with Gasteiger partial charge >= 0.3 is 193 Å². The first kappa shape index (κ1) is 22.7. The molecule has 2 nitrogen and oxygen atoms in total. The third-order valence-corrected chi connectivity index (χ3v) is 13.6. The number of rotatable bonds is 10. The second kappa shape index (κ2) is 10.0. The molecule has 0 bridgehead atoms. The fourth-order valence-corrected chi connectivity index (χ4v) is 12.1. The Bertz CT molecular complexity index is 898. The van der Waals surface area contributed by atoms with Crippen molar-refractivity contribution in [2.45, 2.75) is 63.9 Å². The average molecular weight is 447 g/mol. The van der Waals surface area contributed by atoms with Gasteiger partial charge in [0, 0.05) is 0 Å². The Kier molecular flexibility index (Phi) is 7.11. The van der Waals surface area contributed by atoms with Crippen molar-refractivity contribution in [1.29, 1.82) is 0 Å². The molecular weight excluding hydrogens is 411 g/mol. The van der Waals surface area contributed by atoms with Crippen LogP contribution in [0.2, 0.25) is 0 Å². The molecule has 3 heteroatoms. The summed E-state index contributed by atoms with van der Waals surface area (Å²) in [6.07, 6.45) is 8.12. The van der Waals surface area contributed by atoms with Gasteiger partial charge in [0.15, 0.2) is 0 Å².